The molecule has 0 radical (unpaired) electrons. The molecule has 2 N–H and O–H groups in total. The van der Waals surface area contributed by atoms with Gasteiger partial charge in [-0.05, 0) is 28.9 Å². The predicted molar refractivity (Wildman–Crippen MR) is 58.0 cm³/mol. The van der Waals surface area contributed by atoms with Gasteiger partial charge < -0.3 is 10.3 Å². The van der Waals surface area contributed by atoms with Crippen LogP contribution in [0.2, 0.25) is 10.0 Å². The topological polar surface area (TPSA) is 64.9 Å². The first kappa shape index (κ1) is 10.3. The van der Waals surface area contributed by atoms with Gasteiger partial charge in [0, 0.05) is 10.0 Å². The number of halogens is 2. The Labute approximate surface area is 96.0 Å². The molecule has 78 valence electrons. The Balaban J connectivity index is 2.24. The minimum Gasteiger partial charge on any atom is -0.365 e. The number of hydrogen-bond donors (Lipinski definition) is 1. The molecule has 2 rings (SSSR count). The Bertz CT molecular complexity index is 464. The van der Waals surface area contributed by atoms with Crippen LogP contribution in [0, 0.1) is 0 Å². The summed E-state index contributed by atoms with van der Waals surface area (Å²) in [5.74, 6) is 0.559. The number of aromatic nitrogens is 2. The van der Waals surface area contributed by atoms with Crippen molar-refractivity contribution in [1.29, 1.82) is 0 Å². The largest absolute Gasteiger partial charge is 0.365 e. The summed E-state index contributed by atoms with van der Waals surface area (Å²) in [4.78, 5) is 3.88. The van der Waals surface area contributed by atoms with E-state index < -0.39 is 0 Å². The number of hydrogen-bond acceptors (Lipinski definition) is 4. The quantitative estimate of drug-likeness (QED) is 0.881. The van der Waals surface area contributed by atoms with Crippen molar-refractivity contribution in [3.05, 3.63) is 39.7 Å². The summed E-state index contributed by atoms with van der Waals surface area (Å²) in [5, 5.41) is 4.63. The van der Waals surface area contributed by atoms with Gasteiger partial charge in [0.15, 0.2) is 0 Å². The number of benzene rings is 1. The maximum Gasteiger partial charge on any atom is 0.260 e. The molecule has 0 aliphatic rings. The Morgan fingerprint density at radius 2 is 1.87 bits per heavy atom. The summed E-state index contributed by atoms with van der Waals surface area (Å²) in [7, 11) is 0. The van der Waals surface area contributed by atoms with E-state index in [9.17, 15) is 0 Å². The predicted octanol–water partition coefficient (Wildman–Crippen LogP) is 2.55. The van der Waals surface area contributed by atoms with E-state index in [1.165, 1.54) is 0 Å². The maximum atomic E-state index is 5.85. The molecule has 15 heavy (non-hydrogen) atoms. The lowest BCUT2D eigenvalue weighted by Crippen LogP contribution is -1.90. The first-order valence-electron chi connectivity index (χ1n) is 4.16. The molecule has 0 saturated carbocycles. The van der Waals surface area contributed by atoms with Crippen molar-refractivity contribution in [2.75, 3.05) is 5.73 Å². The Kier molecular flexibility index (Phi) is 2.79. The zero-order valence-corrected chi connectivity index (χ0v) is 9.09. The number of nitrogen functional groups attached to an aromatic ring is 1. The van der Waals surface area contributed by atoms with E-state index in [1.807, 2.05) is 0 Å². The third kappa shape index (κ3) is 2.61. The van der Waals surface area contributed by atoms with Crippen molar-refractivity contribution in [2.24, 2.45) is 0 Å². The van der Waals surface area contributed by atoms with Gasteiger partial charge in [-0.25, -0.2) is 0 Å². The zero-order valence-electron chi connectivity index (χ0n) is 7.58. The third-order valence-corrected chi connectivity index (χ3v) is 2.20. The Morgan fingerprint density at radius 3 is 2.40 bits per heavy atom. The molecule has 6 heteroatoms. The molecule has 1 aromatic carbocycles. The molecular formula is C9H7Cl2N3O. The summed E-state index contributed by atoms with van der Waals surface area (Å²) in [6.45, 7) is 0. The van der Waals surface area contributed by atoms with Gasteiger partial charge in [-0.2, -0.15) is 4.98 Å². The van der Waals surface area contributed by atoms with Crippen LogP contribution in [-0.4, -0.2) is 10.1 Å². The molecule has 1 aromatic heterocycles. The second kappa shape index (κ2) is 4.08. The first-order valence-corrected chi connectivity index (χ1v) is 4.92. The van der Waals surface area contributed by atoms with Gasteiger partial charge in [-0.1, -0.05) is 23.2 Å². The van der Waals surface area contributed by atoms with Crippen molar-refractivity contribution in [1.82, 2.24) is 10.1 Å². The van der Waals surface area contributed by atoms with Gasteiger partial charge in [-0.3, -0.25) is 0 Å². The second-order valence-electron chi connectivity index (χ2n) is 3.00. The minimum absolute atomic E-state index is 0.123. The van der Waals surface area contributed by atoms with Crippen LogP contribution < -0.4 is 5.73 Å². The van der Waals surface area contributed by atoms with Crippen molar-refractivity contribution < 1.29 is 4.52 Å². The molecule has 0 saturated heterocycles. The highest BCUT2D eigenvalue weighted by Gasteiger charge is 2.06. The van der Waals surface area contributed by atoms with Crippen LogP contribution in [0.15, 0.2) is 22.7 Å². The molecule has 1 heterocycles. The highest BCUT2D eigenvalue weighted by molar-refractivity contribution is 6.34. The van der Waals surface area contributed by atoms with Crippen molar-refractivity contribution in [2.45, 2.75) is 6.42 Å². The standard InChI is InChI=1S/C9H7Cl2N3O/c10-6-1-5(2-7(11)4-6)3-8-13-9(12)14-15-8/h1-2,4H,3H2,(H2,12,14). The van der Waals surface area contributed by atoms with E-state index in [0.29, 0.717) is 22.4 Å². The van der Waals surface area contributed by atoms with E-state index >= 15 is 0 Å². The first-order chi connectivity index (χ1) is 7.13. The van der Waals surface area contributed by atoms with Crippen LogP contribution in [0.4, 0.5) is 5.95 Å². The normalized spacial score (nSPS) is 10.5. The summed E-state index contributed by atoms with van der Waals surface area (Å²) in [6, 6.07) is 5.23. The summed E-state index contributed by atoms with van der Waals surface area (Å²) < 4.78 is 4.88. The van der Waals surface area contributed by atoms with Crippen molar-refractivity contribution >= 4 is 29.2 Å². The van der Waals surface area contributed by atoms with E-state index in [2.05, 4.69) is 10.1 Å². The molecule has 4 nitrogen and oxygen atoms in total. The van der Waals surface area contributed by atoms with E-state index in [0.717, 1.165) is 5.56 Å². The number of rotatable bonds is 2. The average molecular weight is 244 g/mol. The molecule has 0 aliphatic carbocycles. The number of nitrogens with two attached hydrogens (primary N) is 1. The number of nitrogens with zero attached hydrogens (tertiary/aromatic N) is 2. The van der Waals surface area contributed by atoms with Crippen LogP contribution >= 0.6 is 23.2 Å². The lowest BCUT2D eigenvalue weighted by molar-refractivity contribution is 0.386. The van der Waals surface area contributed by atoms with E-state index in [4.69, 9.17) is 33.5 Å². The fourth-order valence-electron chi connectivity index (χ4n) is 1.23. The fourth-order valence-corrected chi connectivity index (χ4v) is 1.80. The Hall–Kier alpha value is -1.26. The Morgan fingerprint density at radius 1 is 1.20 bits per heavy atom. The molecule has 0 spiro atoms. The highest BCUT2D eigenvalue weighted by atomic mass is 35.5. The zero-order chi connectivity index (χ0) is 10.8. The van der Waals surface area contributed by atoms with Gasteiger partial charge in [-0.15, -0.1) is 0 Å². The molecule has 0 amide bonds. The molecular weight excluding hydrogens is 237 g/mol. The van der Waals surface area contributed by atoms with Gasteiger partial charge in [0.05, 0.1) is 6.42 Å². The smallest absolute Gasteiger partial charge is 0.260 e. The van der Waals surface area contributed by atoms with Crippen LogP contribution in [0.5, 0.6) is 0 Å². The lowest BCUT2D eigenvalue weighted by atomic mass is 10.1. The summed E-state index contributed by atoms with van der Waals surface area (Å²) in [5.41, 5.74) is 6.22. The number of anilines is 1. The molecule has 0 bridgehead atoms. The third-order valence-electron chi connectivity index (χ3n) is 1.76. The highest BCUT2D eigenvalue weighted by Crippen LogP contribution is 2.20. The molecule has 0 atom stereocenters. The SMILES string of the molecule is Nc1noc(Cc2cc(Cl)cc(Cl)c2)n1. The van der Waals surface area contributed by atoms with Crippen LogP contribution in [-0.2, 0) is 6.42 Å². The van der Waals surface area contributed by atoms with Gasteiger partial charge in [0.1, 0.15) is 0 Å². The monoisotopic (exact) mass is 243 g/mol. The van der Waals surface area contributed by atoms with Crippen molar-refractivity contribution in [3.8, 4) is 0 Å². The fraction of sp³-hybridized carbons (Fsp3) is 0.111. The second-order valence-corrected chi connectivity index (χ2v) is 3.87. The lowest BCUT2D eigenvalue weighted by Gasteiger charge is -1.99. The van der Waals surface area contributed by atoms with Crippen molar-refractivity contribution in [3.63, 3.8) is 0 Å². The summed E-state index contributed by atoms with van der Waals surface area (Å²) in [6.07, 6.45) is 0.463. The molecule has 0 aliphatic heterocycles. The summed E-state index contributed by atoms with van der Waals surface area (Å²) >= 11 is 11.7. The van der Waals surface area contributed by atoms with Gasteiger partial charge >= 0.3 is 0 Å². The van der Waals surface area contributed by atoms with Crippen LogP contribution in [0.3, 0.4) is 0 Å². The maximum absolute atomic E-state index is 5.85. The molecule has 0 fully saturated rings. The molecule has 2 aromatic rings. The molecule has 0 unspecified atom stereocenters. The van der Waals surface area contributed by atoms with E-state index in [1.54, 1.807) is 18.2 Å². The van der Waals surface area contributed by atoms with Gasteiger partial charge in [0.25, 0.3) is 5.95 Å². The minimum atomic E-state index is 0.123. The van der Waals surface area contributed by atoms with Crippen LogP contribution in [0.1, 0.15) is 11.5 Å². The average Bonchev–Trinajstić information content (AvgIpc) is 2.49. The van der Waals surface area contributed by atoms with E-state index in [-0.39, 0.29) is 5.95 Å². The van der Waals surface area contributed by atoms with Crippen LogP contribution in [0.25, 0.3) is 0 Å². The van der Waals surface area contributed by atoms with Gasteiger partial charge in [0.2, 0.25) is 5.89 Å².